The van der Waals surface area contributed by atoms with Crippen molar-refractivity contribution < 1.29 is 4.79 Å². The first kappa shape index (κ1) is 13.0. The minimum atomic E-state index is -0.544. The molecule has 88 valence electrons. The average Bonchev–Trinajstić information content (AvgIpc) is 2.23. The summed E-state index contributed by atoms with van der Waals surface area (Å²) in [5.74, 6) is 0.264. The van der Waals surface area contributed by atoms with E-state index in [9.17, 15) is 4.79 Å². The van der Waals surface area contributed by atoms with Gasteiger partial charge >= 0.3 is 0 Å². The molecular weight excluding hydrogens is 222 g/mol. The number of anilines is 1. The van der Waals surface area contributed by atoms with Crippen LogP contribution in [0.15, 0.2) is 18.2 Å². The number of hydrogen-bond acceptors (Lipinski definition) is 1. The van der Waals surface area contributed by atoms with E-state index in [0.29, 0.717) is 5.88 Å². The van der Waals surface area contributed by atoms with Gasteiger partial charge in [0.15, 0.2) is 0 Å². The molecule has 0 atom stereocenters. The highest BCUT2D eigenvalue weighted by molar-refractivity contribution is 6.20. The van der Waals surface area contributed by atoms with Crippen LogP contribution < -0.4 is 5.32 Å². The van der Waals surface area contributed by atoms with Crippen molar-refractivity contribution in [2.24, 2.45) is 5.41 Å². The maximum absolute atomic E-state index is 11.9. The normalized spacial score (nSPS) is 11.3. The molecule has 1 aromatic rings. The van der Waals surface area contributed by atoms with Crippen molar-refractivity contribution in [1.82, 2.24) is 0 Å². The quantitative estimate of drug-likeness (QED) is 0.804. The molecule has 1 amide bonds. The molecule has 0 radical (unpaired) electrons. The number of aryl methyl sites for hydroxylation is 2. The van der Waals surface area contributed by atoms with Crippen molar-refractivity contribution in [1.29, 1.82) is 0 Å². The minimum absolute atomic E-state index is 0.0452. The van der Waals surface area contributed by atoms with E-state index >= 15 is 0 Å². The van der Waals surface area contributed by atoms with E-state index in [1.807, 2.05) is 45.9 Å². The topological polar surface area (TPSA) is 29.1 Å². The fourth-order valence-corrected chi connectivity index (χ4v) is 1.34. The summed E-state index contributed by atoms with van der Waals surface area (Å²) >= 11 is 5.76. The number of halogens is 1. The Labute approximate surface area is 102 Å². The molecule has 2 nitrogen and oxygen atoms in total. The van der Waals surface area contributed by atoms with E-state index in [1.165, 1.54) is 0 Å². The number of rotatable bonds is 3. The molecule has 3 heteroatoms. The second-order valence-corrected chi connectivity index (χ2v) is 5.06. The standard InChI is InChI=1S/C13H18ClNO/c1-9-5-6-10(2)11(7-9)15-12(16)13(3,4)8-14/h5-7H,8H2,1-4H3,(H,15,16). The third-order valence-electron chi connectivity index (χ3n) is 2.59. The van der Waals surface area contributed by atoms with Crippen LogP contribution in [0.3, 0.4) is 0 Å². The lowest BCUT2D eigenvalue weighted by atomic mass is 9.95. The molecular formula is C13H18ClNO. The zero-order valence-corrected chi connectivity index (χ0v) is 11.0. The van der Waals surface area contributed by atoms with Gasteiger partial charge in [0.05, 0.1) is 5.41 Å². The number of hydrogen-bond donors (Lipinski definition) is 1. The first-order chi connectivity index (χ1) is 7.36. The van der Waals surface area contributed by atoms with Gasteiger partial charge in [-0.25, -0.2) is 0 Å². The molecule has 0 aliphatic carbocycles. The van der Waals surface area contributed by atoms with E-state index in [2.05, 4.69) is 5.32 Å². The van der Waals surface area contributed by atoms with Crippen LogP contribution in [0.5, 0.6) is 0 Å². The highest BCUT2D eigenvalue weighted by Gasteiger charge is 2.26. The Morgan fingerprint density at radius 2 is 2.00 bits per heavy atom. The Morgan fingerprint density at radius 1 is 1.38 bits per heavy atom. The summed E-state index contributed by atoms with van der Waals surface area (Å²) in [7, 11) is 0. The number of amides is 1. The molecule has 0 saturated carbocycles. The predicted molar refractivity (Wildman–Crippen MR) is 69.0 cm³/mol. The summed E-state index contributed by atoms with van der Waals surface area (Å²) in [4.78, 5) is 11.9. The van der Waals surface area contributed by atoms with E-state index in [1.54, 1.807) is 0 Å². The number of nitrogens with one attached hydrogen (secondary N) is 1. The van der Waals surface area contributed by atoms with Crippen molar-refractivity contribution in [3.05, 3.63) is 29.3 Å². The van der Waals surface area contributed by atoms with E-state index in [0.717, 1.165) is 16.8 Å². The van der Waals surface area contributed by atoms with Gasteiger partial charge in [0, 0.05) is 11.6 Å². The third-order valence-corrected chi connectivity index (χ3v) is 3.26. The molecule has 0 aliphatic rings. The maximum Gasteiger partial charge on any atom is 0.231 e. The average molecular weight is 240 g/mol. The number of alkyl halides is 1. The summed E-state index contributed by atoms with van der Waals surface area (Å²) in [6.07, 6.45) is 0. The van der Waals surface area contributed by atoms with Crippen molar-refractivity contribution >= 4 is 23.2 Å². The van der Waals surface area contributed by atoms with Crippen LogP contribution in [0.2, 0.25) is 0 Å². The molecule has 0 spiro atoms. The predicted octanol–water partition coefficient (Wildman–Crippen LogP) is 3.51. The van der Waals surface area contributed by atoms with Gasteiger partial charge in [0.2, 0.25) is 5.91 Å². The van der Waals surface area contributed by atoms with Crippen LogP contribution in [-0.2, 0) is 4.79 Å². The van der Waals surface area contributed by atoms with Crippen LogP contribution >= 0.6 is 11.6 Å². The number of carbonyl (C=O) groups excluding carboxylic acids is 1. The van der Waals surface area contributed by atoms with Gasteiger partial charge < -0.3 is 5.32 Å². The van der Waals surface area contributed by atoms with Crippen molar-refractivity contribution in [2.75, 3.05) is 11.2 Å². The Kier molecular flexibility index (Phi) is 3.98. The molecule has 0 aromatic heterocycles. The lowest BCUT2D eigenvalue weighted by Gasteiger charge is -2.21. The van der Waals surface area contributed by atoms with Crippen molar-refractivity contribution in [3.8, 4) is 0 Å². The smallest absolute Gasteiger partial charge is 0.231 e. The Hall–Kier alpha value is -1.02. The third kappa shape index (κ3) is 2.99. The molecule has 1 N–H and O–H groups in total. The molecule has 0 fully saturated rings. The molecule has 0 unspecified atom stereocenters. The second kappa shape index (κ2) is 4.88. The fraction of sp³-hybridized carbons (Fsp3) is 0.462. The maximum atomic E-state index is 11.9. The molecule has 0 heterocycles. The lowest BCUT2D eigenvalue weighted by Crippen LogP contribution is -2.32. The van der Waals surface area contributed by atoms with Crippen molar-refractivity contribution in [3.63, 3.8) is 0 Å². The molecule has 0 aliphatic heterocycles. The largest absolute Gasteiger partial charge is 0.325 e. The van der Waals surface area contributed by atoms with Gasteiger partial charge in [0.25, 0.3) is 0 Å². The summed E-state index contributed by atoms with van der Waals surface area (Å²) in [6.45, 7) is 7.64. The van der Waals surface area contributed by atoms with Crippen molar-refractivity contribution in [2.45, 2.75) is 27.7 Å². The summed E-state index contributed by atoms with van der Waals surface area (Å²) in [5.41, 5.74) is 2.51. The molecule has 0 saturated heterocycles. The zero-order valence-electron chi connectivity index (χ0n) is 10.2. The van der Waals surface area contributed by atoms with E-state index in [4.69, 9.17) is 11.6 Å². The van der Waals surface area contributed by atoms with Gasteiger partial charge in [-0.3, -0.25) is 4.79 Å². The van der Waals surface area contributed by atoms with Gasteiger partial charge in [0.1, 0.15) is 0 Å². The highest BCUT2D eigenvalue weighted by atomic mass is 35.5. The molecule has 16 heavy (non-hydrogen) atoms. The van der Waals surface area contributed by atoms with Crippen LogP contribution in [0.4, 0.5) is 5.69 Å². The Bertz CT molecular complexity index is 399. The van der Waals surface area contributed by atoms with Gasteiger partial charge in [-0.2, -0.15) is 0 Å². The molecule has 1 aromatic carbocycles. The summed E-state index contributed by atoms with van der Waals surface area (Å²) in [5, 5.41) is 2.92. The summed E-state index contributed by atoms with van der Waals surface area (Å²) in [6, 6.07) is 5.99. The van der Waals surface area contributed by atoms with E-state index in [-0.39, 0.29) is 5.91 Å². The van der Waals surface area contributed by atoms with Gasteiger partial charge in [-0.05, 0) is 44.9 Å². The van der Waals surface area contributed by atoms with Gasteiger partial charge in [-0.15, -0.1) is 11.6 Å². The SMILES string of the molecule is Cc1ccc(C)c(NC(=O)C(C)(C)CCl)c1. The number of benzene rings is 1. The summed E-state index contributed by atoms with van der Waals surface area (Å²) < 4.78 is 0. The zero-order chi connectivity index (χ0) is 12.3. The first-order valence-corrected chi connectivity index (χ1v) is 5.85. The van der Waals surface area contributed by atoms with Crippen LogP contribution in [-0.4, -0.2) is 11.8 Å². The molecule has 1 rings (SSSR count). The number of carbonyl (C=O) groups is 1. The lowest BCUT2D eigenvalue weighted by molar-refractivity contribution is -0.122. The highest BCUT2D eigenvalue weighted by Crippen LogP contribution is 2.22. The second-order valence-electron chi connectivity index (χ2n) is 4.79. The first-order valence-electron chi connectivity index (χ1n) is 5.31. The molecule has 0 bridgehead atoms. The minimum Gasteiger partial charge on any atom is -0.325 e. The van der Waals surface area contributed by atoms with Gasteiger partial charge in [-0.1, -0.05) is 12.1 Å². The Morgan fingerprint density at radius 3 is 2.56 bits per heavy atom. The van der Waals surface area contributed by atoms with Crippen LogP contribution in [0.25, 0.3) is 0 Å². The monoisotopic (exact) mass is 239 g/mol. The van der Waals surface area contributed by atoms with Crippen LogP contribution in [0.1, 0.15) is 25.0 Å². The fourth-order valence-electron chi connectivity index (χ4n) is 1.22. The Balaban J connectivity index is 2.89. The van der Waals surface area contributed by atoms with E-state index < -0.39 is 5.41 Å². The van der Waals surface area contributed by atoms with Crippen LogP contribution in [0, 0.1) is 19.3 Å².